The number of esters is 1. The maximum atomic E-state index is 13.1. The molecule has 1 aromatic rings. The van der Waals surface area contributed by atoms with Crippen LogP contribution in [0.2, 0.25) is 0 Å². The van der Waals surface area contributed by atoms with E-state index in [-0.39, 0.29) is 12.4 Å². The highest BCUT2D eigenvalue weighted by molar-refractivity contribution is 5.69. The summed E-state index contributed by atoms with van der Waals surface area (Å²) in [5, 5.41) is 0. The third-order valence-electron chi connectivity index (χ3n) is 1.87. The minimum absolute atomic E-state index is 0.179. The molecule has 1 rings (SSSR count). The number of pyridine rings is 1. The number of methoxy groups -OCH3 is 1. The molecule has 0 amide bonds. The zero-order valence-corrected chi connectivity index (χ0v) is 8.21. The Labute approximate surface area is 81.9 Å². The number of ether oxygens (including phenoxy) is 1. The zero-order chi connectivity index (χ0) is 10.6. The summed E-state index contributed by atoms with van der Waals surface area (Å²) >= 11 is 0. The lowest BCUT2D eigenvalue weighted by atomic mass is 10.1. The molecule has 3 nitrogen and oxygen atoms in total. The van der Waals surface area contributed by atoms with Crippen LogP contribution in [-0.2, 0) is 16.0 Å². The van der Waals surface area contributed by atoms with Crippen LogP contribution < -0.4 is 0 Å². The van der Waals surface area contributed by atoms with Crippen molar-refractivity contribution in [3.8, 4) is 0 Å². The van der Waals surface area contributed by atoms with Crippen molar-refractivity contribution in [2.45, 2.75) is 19.8 Å². The molecule has 0 spiro atoms. The Kier molecular flexibility index (Phi) is 3.56. The van der Waals surface area contributed by atoms with E-state index >= 15 is 0 Å². The van der Waals surface area contributed by atoms with Crippen molar-refractivity contribution >= 4 is 5.97 Å². The van der Waals surface area contributed by atoms with Gasteiger partial charge in [0.05, 0.1) is 7.11 Å². The Balaban J connectivity index is 2.66. The number of hydrogen-bond donors (Lipinski definition) is 0. The van der Waals surface area contributed by atoms with Crippen molar-refractivity contribution < 1.29 is 13.9 Å². The van der Waals surface area contributed by atoms with E-state index in [0.717, 1.165) is 5.56 Å². The average Bonchev–Trinajstić information content (AvgIpc) is 2.19. The molecule has 76 valence electrons. The normalized spacial score (nSPS) is 9.93. The molecule has 0 atom stereocenters. The number of nitrogens with zero attached hydrogens (tertiary/aromatic N) is 1. The second-order valence-electron chi connectivity index (χ2n) is 3.04. The van der Waals surface area contributed by atoms with Gasteiger partial charge in [-0.15, -0.1) is 0 Å². The molecule has 0 bridgehead atoms. The van der Waals surface area contributed by atoms with E-state index in [1.807, 2.05) is 6.92 Å². The van der Waals surface area contributed by atoms with Crippen LogP contribution in [-0.4, -0.2) is 18.1 Å². The summed E-state index contributed by atoms with van der Waals surface area (Å²) in [6.45, 7) is 1.83. The number of halogens is 1. The number of carbonyl (C=O) groups excluding carboxylic acids is 1. The Bertz CT molecular complexity index is 339. The van der Waals surface area contributed by atoms with Gasteiger partial charge >= 0.3 is 5.97 Å². The standard InChI is InChI=1S/C10H12FNO2/c1-7-5-8(10(11)12-6-7)3-4-9(13)14-2/h5-6H,3-4H2,1-2H3. The van der Waals surface area contributed by atoms with Crippen molar-refractivity contribution in [1.29, 1.82) is 0 Å². The van der Waals surface area contributed by atoms with Gasteiger partial charge in [-0.1, -0.05) is 0 Å². The first-order valence-corrected chi connectivity index (χ1v) is 4.31. The highest BCUT2D eigenvalue weighted by Crippen LogP contribution is 2.09. The summed E-state index contributed by atoms with van der Waals surface area (Å²) in [6.07, 6.45) is 1.96. The Hall–Kier alpha value is -1.45. The first-order valence-electron chi connectivity index (χ1n) is 4.31. The van der Waals surface area contributed by atoms with Crippen molar-refractivity contribution in [2.75, 3.05) is 7.11 Å². The fourth-order valence-corrected chi connectivity index (χ4v) is 1.13. The lowest BCUT2D eigenvalue weighted by Crippen LogP contribution is -2.04. The Morgan fingerprint density at radius 2 is 2.36 bits per heavy atom. The zero-order valence-electron chi connectivity index (χ0n) is 8.21. The molecule has 14 heavy (non-hydrogen) atoms. The largest absolute Gasteiger partial charge is 0.469 e. The maximum Gasteiger partial charge on any atom is 0.305 e. The molecule has 0 radical (unpaired) electrons. The van der Waals surface area contributed by atoms with Gasteiger partial charge in [0.25, 0.3) is 0 Å². The molecule has 0 aromatic carbocycles. The summed E-state index contributed by atoms with van der Waals surface area (Å²) in [7, 11) is 1.31. The molecular formula is C10H12FNO2. The topological polar surface area (TPSA) is 39.2 Å². The summed E-state index contributed by atoms with van der Waals surface area (Å²) in [5.74, 6) is -0.856. The third-order valence-corrected chi connectivity index (χ3v) is 1.87. The van der Waals surface area contributed by atoms with E-state index in [0.29, 0.717) is 12.0 Å². The van der Waals surface area contributed by atoms with E-state index in [1.54, 1.807) is 6.07 Å². The third kappa shape index (κ3) is 2.80. The predicted molar refractivity (Wildman–Crippen MR) is 49.3 cm³/mol. The SMILES string of the molecule is COC(=O)CCc1cc(C)cnc1F. The molecule has 4 heteroatoms. The Morgan fingerprint density at radius 3 is 3.00 bits per heavy atom. The van der Waals surface area contributed by atoms with Gasteiger partial charge < -0.3 is 4.74 Å². The molecule has 1 heterocycles. The van der Waals surface area contributed by atoms with Crippen LogP contribution in [0.4, 0.5) is 4.39 Å². The molecule has 0 saturated carbocycles. The molecular weight excluding hydrogens is 185 g/mol. The number of aryl methyl sites for hydroxylation is 2. The first kappa shape index (κ1) is 10.6. The fourth-order valence-electron chi connectivity index (χ4n) is 1.13. The molecule has 0 aliphatic rings. The first-order chi connectivity index (χ1) is 6.63. The van der Waals surface area contributed by atoms with E-state index in [4.69, 9.17) is 0 Å². The van der Waals surface area contributed by atoms with Crippen LogP contribution in [0.5, 0.6) is 0 Å². The molecule has 1 aromatic heterocycles. The summed E-state index contributed by atoms with van der Waals surface area (Å²) < 4.78 is 17.5. The van der Waals surface area contributed by atoms with Crippen LogP contribution >= 0.6 is 0 Å². The van der Waals surface area contributed by atoms with Crippen molar-refractivity contribution in [3.05, 3.63) is 29.3 Å². The highest BCUT2D eigenvalue weighted by atomic mass is 19.1. The van der Waals surface area contributed by atoms with Gasteiger partial charge in [0.15, 0.2) is 0 Å². The molecule has 0 saturated heterocycles. The molecule has 0 fully saturated rings. The van der Waals surface area contributed by atoms with E-state index in [2.05, 4.69) is 9.72 Å². The van der Waals surface area contributed by atoms with Gasteiger partial charge in [0, 0.05) is 18.2 Å². The second-order valence-corrected chi connectivity index (χ2v) is 3.04. The molecule has 0 unspecified atom stereocenters. The van der Waals surface area contributed by atoms with Gasteiger partial charge in [0.1, 0.15) is 0 Å². The lowest BCUT2D eigenvalue weighted by Gasteiger charge is -2.02. The average molecular weight is 197 g/mol. The van der Waals surface area contributed by atoms with Crippen LogP contribution in [0, 0.1) is 12.9 Å². The van der Waals surface area contributed by atoms with Crippen LogP contribution in [0.25, 0.3) is 0 Å². The van der Waals surface area contributed by atoms with Crippen molar-refractivity contribution in [3.63, 3.8) is 0 Å². The van der Waals surface area contributed by atoms with Crippen LogP contribution in [0.1, 0.15) is 17.5 Å². The quantitative estimate of drug-likeness (QED) is 0.546. The number of aromatic nitrogens is 1. The number of hydrogen-bond acceptors (Lipinski definition) is 3. The highest BCUT2D eigenvalue weighted by Gasteiger charge is 2.06. The summed E-state index contributed by atoms with van der Waals surface area (Å²) in [6, 6.07) is 1.69. The van der Waals surface area contributed by atoms with Crippen LogP contribution in [0.3, 0.4) is 0 Å². The number of carbonyl (C=O) groups is 1. The van der Waals surface area contributed by atoms with Gasteiger partial charge in [0.2, 0.25) is 5.95 Å². The molecule has 0 aliphatic carbocycles. The molecule has 0 aliphatic heterocycles. The summed E-state index contributed by atoms with van der Waals surface area (Å²) in [5.41, 5.74) is 1.33. The molecule has 0 N–H and O–H groups in total. The van der Waals surface area contributed by atoms with Gasteiger partial charge in [-0.3, -0.25) is 4.79 Å². The second kappa shape index (κ2) is 4.69. The van der Waals surface area contributed by atoms with E-state index < -0.39 is 5.95 Å². The van der Waals surface area contributed by atoms with Gasteiger partial charge in [-0.25, -0.2) is 4.98 Å². The van der Waals surface area contributed by atoms with E-state index in [1.165, 1.54) is 13.3 Å². The van der Waals surface area contributed by atoms with Crippen molar-refractivity contribution in [1.82, 2.24) is 4.98 Å². The maximum absolute atomic E-state index is 13.1. The lowest BCUT2D eigenvalue weighted by molar-refractivity contribution is -0.140. The number of rotatable bonds is 3. The monoisotopic (exact) mass is 197 g/mol. The predicted octanol–water partition coefficient (Wildman–Crippen LogP) is 1.63. The van der Waals surface area contributed by atoms with Gasteiger partial charge in [-0.2, -0.15) is 4.39 Å². The Morgan fingerprint density at radius 1 is 1.64 bits per heavy atom. The van der Waals surface area contributed by atoms with Crippen LogP contribution in [0.15, 0.2) is 12.3 Å². The minimum Gasteiger partial charge on any atom is -0.469 e. The minimum atomic E-state index is -0.514. The smallest absolute Gasteiger partial charge is 0.305 e. The fraction of sp³-hybridized carbons (Fsp3) is 0.400. The van der Waals surface area contributed by atoms with Gasteiger partial charge in [-0.05, 0) is 25.0 Å². The van der Waals surface area contributed by atoms with Crippen molar-refractivity contribution in [2.24, 2.45) is 0 Å². The van der Waals surface area contributed by atoms with E-state index in [9.17, 15) is 9.18 Å². The summed E-state index contributed by atoms with van der Waals surface area (Å²) in [4.78, 5) is 14.4.